The van der Waals surface area contributed by atoms with E-state index in [-0.39, 0.29) is 24.1 Å². The van der Waals surface area contributed by atoms with E-state index in [1.54, 1.807) is 0 Å². The zero-order chi connectivity index (χ0) is 16.3. The molecule has 0 spiro atoms. The molecule has 1 saturated heterocycles. The zero-order valence-corrected chi connectivity index (χ0v) is 14.6. The molecule has 1 amide bonds. The molecule has 1 aliphatic heterocycles. The predicted octanol–water partition coefficient (Wildman–Crippen LogP) is 4.31. The minimum atomic E-state index is -0.492. The number of ether oxygens (including phenoxy) is 1. The fraction of sp³-hybridized carbons (Fsp3) is 0.889. The van der Waals surface area contributed by atoms with Crippen molar-refractivity contribution in [3.05, 3.63) is 0 Å². The number of carbonyl (C=O) groups excluding carboxylic acids is 2. The monoisotopic (exact) mass is 309 g/mol. The lowest BCUT2D eigenvalue weighted by Crippen LogP contribution is -2.51. The van der Waals surface area contributed by atoms with Crippen LogP contribution in [0.3, 0.4) is 0 Å². The molecule has 0 aromatic rings. The van der Waals surface area contributed by atoms with Crippen molar-refractivity contribution in [2.24, 2.45) is 5.92 Å². The maximum Gasteiger partial charge on any atom is 0.410 e. The summed E-state index contributed by atoms with van der Waals surface area (Å²) in [6, 6.07) is 0.177. The third-order valence-electron chi connectivity index (χ3n) is 4.88. The van der Waals surface area contributed by atoms with Crippen molar-refractivity contribution >= 4 is 11.9 Å². The molecule has 1 heterocycles. The molecule has 0 aromatic heterocycles. The predicted molar refractivity (Wildman–Crippen MR) is 86.8 cm³/mol. The molecule has 0 bridgehead atoms. The summed E-state index contributed by atoms with van der Waals surface area (Å²) in [5, 5.41) is 0. The highest BCUT2D eigenvalue weighted by atomic mass is 16.6. The molecule has 0 radical (unpaired) electrons. The molecule has 2 aliphatic rings. The maximum absolute atomic E-state index is 12.5. The second-order valence-electron chi connectivity index (χ2n) is 7.97. The van der Waals surface area contributed by atoms with Crippen molar-refractivity contribution in [3.8, 4) is 0 Å². The van der Waals surface area contributed by atoms with Gasteiger partial charge in [-0.25, -0.2) is 4.79 Å². The van der Waals surface area contributed by atoms with Gasteiger partial charge in [0.25, 0.3) is 0 Å². The highest BCUT2D eigenvalue weighted by Crippen LogP contribution is 2.31. The third-order valence-corrected chi connectivity index (χ3v) is 4.88. The second-order valence-corrected chi connectivity index (χ2v) is 7.97. The number of piperidine rings is 1. The number of hydrogen-bond donors (Lipinski definition) is 0. The van der Waals surface area contributed by atoms with Gasteiger partial charge in [0.2, 0.25) is 0 Å². The molecular formula is C18H31NO3. The van der Waals surface area contributed by atoms with Gasteiger partial charge in [-0.05, 0) is 59.8 Å². The lowest BCUT2D eigenvalue weighted by atomic mass is 9.89. The molecule has 2 rings (SSSR count). The molecule has 4 heteroatoms. The van der Waals surface area contributed by atoms with Crippen LogP contribution in [0, 0.1) is 5.92 Å². The van der Waals surface area contributed by atoms with Gasteiger partial charge in [0, 0.05) is 24.4 Å². The van der Waals surface area contributed by atoms with Crippen LogP contribution in [0.2, 0.25) is 0 Å². The van der Waals surface area contributed by atoms with Crippen LogP contribution >= 0.6 is 0 Å². The summed E-state index contributed by atoms with van der Waals surface area (Å²) in [6.45, 7) is 7.73. The molecule has 4 nitrogen and oxygen atoms in total. The first kappa shape index (κ1) is 17.3. The number of nitrogens with zero attached hydrogens (tertiary/aromatic N) is 1. The van der Waals surface area contributed by atoms with E-state index in [9.17, 15) is 9.59 Å². The molecular weight excluding hydrogens is 278 g/mol. The molecule has 22 heavy (non-hydrogen) atoms. The Morgan fingerprint density at radius 2 is 1.68 bits per heavy atom. The number of ketones is 1. The third kappa shape index (κ3) is 4.47. The Morgan fingerprint density at radius 3 is 2.27 bits per heavy atom. The molecule has 2 fully saturated rings. The van der Waals surface area contributed by atoms with Crippen LogP contribution in [0.5, 0.6) is 0 Å². The van der Waals surface area contributed by atoms with E-state index in [1.807, 2.05) is 25.7 Å². The summed E-state index contributed by atoms with van der Waals surface area (Å²) in [6.07, 6.45) is 7.66. The molecule has 2 unspecified atom stereocenters. The standard InChI is InChI=1S/C18H31NO3/c1-13-8-7-11-15(12-16(20)14-9-5-6-10-14)19(13)17(21)22-18(2,3)4/h13-15H,5-12H2,1-4H3. The number of amides is 1. The Bertz CT molecular complexity index is 407. The van der Waals surface area contributed by atoms with Crippen LogP contribution in [-0.4, -0.2) is 34.5 Å². The second kappa shape index (κ2) is 7.01. The molecule has 2 atom stereocenters. The van der Waals surface area contributed by atoms with E-state index in [0.29, 0.717) is 12.2 Å². The number of Topliss-reactive ketones (excluding diaryl/α,β-unsaturated/α-hetero) is 1. The topological polar surface area (TPSA) is 46.6 Å². The average molecular weight is 309 g/mol. The maximum atomic E-state index is 12.5. The number of likely N-dealkylation sites (tertiary alicyclic amines) is 1. The van der Waals surface area contributed by atoms with Crippen molar-refractivity contribution in [2.75, 3.05) is 0 Å². The summed E-state index contributed by atoms with van der Waals surface area (Å²) in [7, 11) is 0. The largest absolute Gasteiger partial charge is 0.444 e. The molecule has 1 aliphatic carbocycles. The lowest BCUT2D eigenvalue weighted by Gasteiger charge is -2.41. The van der Waals surface area contributed by atoms with E-state index < -0.39 is 5.60 Å². The van der Waals surface area contributed by atoms with Crippen LogP contribution in [0.15, 0.2) is 0 Å². The fourth-order valence-electron chi connectivity index (χ4n) is 3.78. The Kier molecular flexibility index (Phi) is 5.51. The van der Waals surface area contributed by atoms with Crippen molar-refractivity contribution < 1.29 is 14.3 Å². The van der Waals surface area contributed by atoms with Gasteiger partial charge >= 0.3 is 6.09 Å². The van der Waals surface area contributed by atoms with E-state index >= 15 is 0 Å². The van der Waals surface area contributed by atoms with Crippen molar-refractivity contribution in [2.45, 2.75) is 96.7 Å². The molecule has 1 saturated carbocycles. The quantitative estimate of drug-likeness (QED) is 0.780. The van der Waals surface area contributed by atoms with Gasteiger partial charge in [-0.3, -0.25) is 4.79 Å². The first-order valence-electron chi connectivity index (χ1n) is 8.82. The minimum Gasteiger partial charge on any atom is -0.444 e. The van der Waals surface area contributed by atoms with Crippen molar-refractivity contribution in [1.82, 2.24) is 4.90 Å². The van der Waals surface area contributed by atoms with Gasteiger partial charge < -0.3 is 9.64 Å². The summed E-state index contributed by atoms with van der Waals surface area (Å²) < 4.78 is 5.56. The Morgan fingerprint density at radius 1 is 1.05 bits per heavy atom. The Balaban J connectivity index is 2.02. The van der Waals surface area contributed by atoms with Gasteiger partial charge in [0.15, 0.2) is 0 Å². The Labute approximate surface area is 134 Å². The van der Waals surface area contributed by atoms with Gasteiger partial charge in [-0.15, -0.1) is 0 Å². The van der Waals surface area contributed by atoms with Crippen LogP contribution < -0.4 is 0 Å². The highest BCUT2D eigenvalue weighted by molar-refractivity contribution is 5.82. The first-order valence-corrected chi connectivity index (χ1v) is 8.82. The Hall–Kier alpha value is -1.06. The normalized spacial score (nSPS) is 27.0. The molecule has 0 N–H and O–H groups in total. The highest BCUT2D eigenvalue weighted by Gasteiger charge is 2.37. The van der Waals surface area contributed by atoms with Crippen LogP contribution in [0.25, 0.3) is 0 Å². The van der Waals surface area contributed by atoms with Gasteiger partial charge in [0.1, 0.15) is 11.4 Å². The van der Waals surface area contributed by atoms with E-state index in [4.69, 9.17) is 4.74 Å². The summed E-state index contributed by atoms with van der Waals surface area (Å²) in [5.41, 5.74) is -0.492. The minimum absolute atomic E-state index is 0.0201. The van der Waals surface area contributed by atoms with E-state index in [2.05, 4.69) is 6.92 Å². The van der Waals surface area contributed by atoms with E-state index in [1.165, 1.54) is 12.8 Å². The molecule has 0 aromatic carbocycles. The smallest absolute Gasteiger partial charge is 0.410 e. The number of rotatable bonds is 3. The van der Waals surface area contributed by atoms with Gasteiger partial charge in [0.05, 0.1) is 0 Å². The SMILES string of the molecule is CC1CCCC(CC(=O)C2CCCC2)N1C(=O)OC(C)(C)C. The molecule has 126 valence electrons. The van der Waals surface area contributed by atoms with Crippen molar-refractivity contribution in [1.29, 1.82) is 0 Å². The summed E-state index contributed by atoms with van der Waals surface area (Å²) in [4.78, 5) is 26.9. The average Bonchev–Trinajstić information content (AvgIpc) is 2.90. The zero-order valence-electron chi connectivity index (χ0n) is 14.6. The summed E-state index contributed by atoms with van der Waals surface area (Å²) in [5.74, 6) is 0.586. The van der Waals surface area contributed by atoms with Gasteiger partial charge in [-0.2, -0.15) is 0 Å². The lowest BCUT2D eigenvalue weighted by molar-refractivity contribution is -0.124. The van der Waals surface area contributed by atoms with Crippen LogP contribution in [0.4, 0.5) is 4.79 Å². The number of hydrogen-bond acceptors (Lipinski definition) is 3. The summed E-state index contributed by atoms with van der Waals surface area (Å²) >= 11 is 0. The van der Waals surface area contributed by atoms with Crippen molar-refractivity contribution in [3.63, 3.8) is 0 Å². The van der Waals surface area contributed by atoms with E-state index in [0.717, 1.165) is 32.1 Å². The van der Waals surface area contributed by atoms with Crippen LogP contribution in [-0.2, 0) is 9.53 Å². The van der Waals surface area contributed by atoms with Gasteiger partial charge in [-0.1, -0.05) is 12.8 Å². The fourth-order valence-corrected chi connectivity index (χ4v) is 3.78. The number of carbonyl (C=O) groups is 2. The van der Waals surface area contributed by atoms with Crippen LogP contribution in [0.1, 0.15) is 79.1 Å². The first-order chi connectivity index (χ1) is 10.3.